The second kappa shape index (κ2) is 6.60. The molecular weight excluding hydrogens is 178 g/mol. The van der Waals surface area contributed by atoms with Gasteiger partial charge in [0.05, 0.1) is 5.69 Å². The maximum atomic E-state index is 8.65. The average molecular weight is 197 g/mol. The maximum absolute atomic E-state index is 8.65. The lowest BCUT2D eigenvalue weighted by Crippen LogP contribution is -1.87. The third kappa shape index (κ3) is 3.92. The fourth-order valence-corrected chi connectivity index (χ4v) is 1.40. The molecule has 0 atom stereocenters. The van der Waals surface area contributed by atoms with Gasteiger partial charge in [0.1, 0.15) is 5.76 Å². The molecule has 0 saturated carbocycles. The van der Waals surface area contributed by atoms with Gasteiger partial charge in [-0.3, -0.25) is 0 Å². The molecule has 0 bridgehead atoms. The summed E-state index contributed by atoms with van der Waals surface area (Å²) in [6.07, 6.45) is 6.22. The third-order valence-electron chi connectivity index (χ3n) is 2.23. The number of aryl methyl sites for hydroxylation is 2. The molecule has 0 spiro atoms. The monoisotopic (exact) mass is 197 g/mol. The molecule has 1 aromatic heterocycles. The Morgan fingerprint density at radius 2 is 2.14 bits per heavy atom. The molecule has 0 aliphatic heterocycles. The highest BCUT2D eigenvalue weighted by Crippen LogP contribution is 2.09. The van der Waals surface area contributed by atoms with Crippen LogP contribution < -0.4 is 0 Å². The minimum atomic E-state index is 0.214. The first-order chi connectivity index (χ1) is 6.86. The van der Waals surface area contributed by atoms with Gasteiger partial charge in [0.15, 0.2) is 0 Å². The predicted molar refractivity (Wildman–Crippen MR) is 55.1 cm³/mol. The Hall–Kier alpha value is -0.830. The number of aliphatic hydroxyl groups is 1. The summed E-state index contributed by atoms with van der Waals surface area (Å²) in [5.74, 6) is 0.894. The number of hydrogen-bond donors (Lipinski definition) is 1. The molecule has 1 heterocycles. The van der Waals surface area contributed by atoms with Gasteiger partial charge in [0, 0.05) is 19.1 Å². The second-order valence-corrected chi connectivity index (χ2v) is 3.57. The molecule has 1 N–H and O–H groups in total. The van der Waals surface area contributed by atoms with Crippen molar-refractivity contribution in [3.63, 3.8) is 0 Å². The molecule has 14 heavy (non-hydrogen) atoms. The lowest BCUT2D eigenvalue weighted by Gasteiger charge is -1.92. The van der Waals surface area contributed by atoms with E-state index >= 15 is 0 Å². The molecule has 0 amide bonds. The Kier molecular flexibility index (Phi) is 5.30. The quantitative estimate of drug-likeness (QED) is 0.682. The second-order valence-electron chi connectivity index (χ2n) is 3.57. The summed E-state index contributed by atoms with van der Waals surface area (Å²) >= 11 is 0. The molecule has 0 saturated heterocycles. The Balaban J connectivity index is 2.27. The van der Waals surface area contributed by atoms with E-state index in [0.29, 0.717) is 0 Å². The van der Waals surface area contributed by atoms with E-state index in [1.54, 1.807) is 0 Å². The van der Waals surface area contributed by atoms with Crippen molar-refractivity contribution in [2.24, 2.45) is 0 Å². The van der Waals surface area contributed by atoms with E-state index in [4.69, 9.17) is 9.63 Å². The van der Waals surface area contributed by atoms with E-state index < -0.39 is 0 Å². The first-order valence-corrected chi connectivity index (χ1v) is 5.42. The van der Waals surface area contributed by atoms with Crippen molar-refractivity contribution in [2.75, 3.05) is 6.61 Å². The zero-order valence-electron chi connectivity index (χ0n) is 8.83. The molecule has 80 valence electrons. The summed E-state index contributed by atoms with van der Waals surface area (Å²) in [5.41, 5.74) is 1.05. The highest BCUT2D eigenvalue weighted by Gasteiger charge is 2.02. The van der Waals surface area contributed by atoms with Crippen LogP contribution in [0.4, 0.5) is 0 Å². The van der Waals surface area contributed by atoms with Gasteiger partial charge in [-0.1, -0.05) is 24.9 Å². The molecule has 3 nitrogen and oxygen atoms in total. The third-order valence-corrected chi connectivity index (χ3v) is 2.23. The zero-order chi connectivity index (χ0) is 10.2. The maximum Gasteiger partial charge on any atom is 0.137 e. The molecule has 0 radical (unpaired) electrons. The number of hydrogen-bond acceptors (Lipinski definition) is 3. The van der Waals surface area contributed by atoms with Crippen LogP contribution in [0.3, 0.4) is 0 Å². The zero-order valence-corrected chi connectivity index (χ0v) is 8.83. The Morgan fingerprint density at radius 3 is 2.86 bits per heavy atom. The fourth-order valence-electron chi connectivity index (χ4n) is 1.40. The van der Waals surface area contributed by atoms with Crippen LogP contribution >= 0.6 is 0 Å². The summed E-state index contributed by atoms with van der Waals surface area (Å²) in [7, 11) is 0. The smallest absolute Gasteiger partial charge is 0.137 e. The average Bonchev–Trinajstić information content (AvgIpc) is 2.63. The Bertz CT molecular complexity index is 245. The fraction of sp³-hybridized carbons (Fsp3) is 0.727. The highest BCUT2D eigenvalue weighted by molar-refractivity contribution is 5.05. The van der Waals surface area contributed by atoms with E-state index in [1.165, 1.54) is 19.3 Å². The highest BCUT2D eigenvalue weighted by atomic mass is 16.5. The number of nitrogens with zero attached hydrogens (tertiary/aromatic N) is 1. The Labute approximate surface area is 85.1 Å². The van der Waals surface area contributed by atoms with Gasteiger partial charge in [-0.15, -0.1) is 0 Å². The van der Waals surface area contributed by atoms with Gasteiger partial charge >= 0.3 is 0 Å². The van der Waals surface area contributed by atoms with Crippen molar-refractivity contribution < 1.29 is 9.63 Å². The van der Waals surface area contributed by atoms with Gasteiger partial charge < -0.3 is 9.63 Å². The van der Waals surface area contributed by atoms with E-state index in [1.807, 2.05) is 6.07 Å². The van der Waals surface area contributed by atoms with Gasteiger partial charge in [0.2, 0.25) is 0 Å². The van der Waals surface area contributed by atoms with E-state index in [0.717, 1.165) is 30.7 Å². The topological polar surface area (TPSA) is 46.3 Å². The van der Waals surface area contributed by atoms with Crippen LogP contribution in [-0.2, 0) is 12.8 Å². The van der Waals surface area contributed by atoms with Crippen LogP contribution in [0, 0.1) is 0 Å². The summed E-state index contributed by atoms with van der Waals surface area (Å²) < 4.78 is 5.14. The molecule has 0 aliphatic carbocycles. The number of aliphatic hydroxyl groups excluding tert-OH is 1. The van der Waals surface area contributed by atoms with Gasteiger partial charge in [-0.25, -0.2) is 0 Å². The summed E-state index contributed by atoms with van der Waals surface area (Å²) in [5, 5.41) is 12.6. The van der Waals surface area contributed by atoms with E-state index in [9.17, 15) is 0 Å². The number of unbranched alkanes of at least 4 members (excludes halogenated alkanes) is 2. The van der Waals surface area contributed by atoms with Crippen molar-refractivity contribution in [3.05, 3.63) is 17.5 Å². The number of rotatable bonds is 7. The Morgan fingerprint density at radius 1 is 1.29 bits per heavy atom. The summed E-state index contributed by atoms with van der Waals surface area (Å²) in [4.78, 5) is 0. The van der Waals surface area contributed by atoms with E-state index in [-0.39, 0.29) is 6.61 Å². The van der Waals surface area contributed by atoms with Crippen LogP contribution in [-0.4, -0.2) is 16.9 Å². The van der Waals surface area contributed by atoms with Gasteiger partial charge in [0.25, 0.3) is 0 Å². The van der Waals surface area contributed by atoms with Gasteiger partial charge in [-0.2, -0.15) is 0 Å². The molecule has 1 aromatic rings. The first-order valence-electron chi connectivity index (χ1n) is 5.42. The predicted octanol–water partition coefficient (Wildman–Crippen LogP) is 2.33. The van der Waals surface area contributed by atoms with Crippen molar-refractivity contribution in [2.45, 2.75) is 45.4 Å². The SMILES string of the molecule is CCCCCc1cc(CCCO)on1. The minimum absolute atomic E-state index is 0.214. The molecule has 0 fully saturated rings. The molecular formula is C11H19NO2. The van der Waals surface area contributed by atoms with Crippen molar-refractivity contribution in [3.8, 4) is 0 Å². The van der Waals surface area contributed by atoms with Crippen molar-refractivity contribution in [1.82, 2.24) is 5.16 Å². The van der Waals surface area contributed by atoms with Gasteiger partial charge in [-0.05, 0) is 19.3 Å². The van der Waals surface area contributed by atoms with Crippen LogP contribution in [0.25, 0.3) is 0 Å². The summed E-state index contributed by atoms with van der Waals surface area (Å²) in [6.45, 7) is 2.40. The van der Waals surface area contributed by atoms with Crippen LogP contribution in [0.2, 0.25) is 0 Å². The minimum Gasteiger partial charge on any atom is -0.396 e. The molecule has 0 aromatic carbocycles. The lowest BCUT2D eigenvalue weighted by atomic mass is 10.1. The van der Waals surface area contributed by atoms with Crippen molar-refractivity contribution in [1.29, 1.82) is 0 Å². The molecule has 3 heteroatoms. The summed E-state index contributed by atoms with van der Waals surface area (Å²) in [6, 6.07) is 2.01. The number of aromatic nitrogens is 1. The van der Waals surface area contributed by atoms with Crippen LogP contribution in [0.5, 0.6) is 0 Å². The largest absolute Gasteiger partial charge is 0.396 e. The first kappa shape index (κ1) is 11.2. The molecule has 0 unspecified atom stereocenters. The normalized spacial score (nSPS) is 10.7. The lowest BCUT2D eigenvalue weighted by molar-refractivity contribution is 0.279. The van der Waals surface area contributed by atoms with Crippen LogP contribution in [0.1, 0.15) is 44.1 Å². The molecule has 0 aliphatic rings. The molecule has 1 rings (SSSR count). The van der Waals surface area contributed by atoms with Crippen LogP contribution in [0.15, 0.2) is 10.6 Å². The van der Waals surface area contributed by atoms with Crippen molar-refractivity contribution >= 4 is 0 Å². The standard InChI is InChI=1S/C11H19NO2/c1-2-3-4-6-10-9-11(14-12-10)7-5-8-13/h9,13H,2-8H2,1H3. The van der Waals surface area contributed by atoms with E-state index in [2.05, 4.69) is 12.1 Å².